The van der Waals surface area contributed by atoms with Crippen LogP contribution in [0, 0.1) is 12.8 Å². The highest BCUT2D eigenvalue weighted by Gasteiger charge is 2.37. The molecule has 2 aromatic carbocycles. The van der Waals surface area contributed by atoms with Gasteiger partial charge >= 0.3 is 0 Å². The van der Waals surface area contributed by atoms with E-state index in [4.69, 9.17) is 4.74 Å². The van der Waals surface area contributed by atoms with Crippen LogP contribution in [0.5, 0.6) is 0 Å². The van der Waals surface area contributed by atoms with Crippen LogP contribution in [0.25, 0.3) is 0 Å². The van der Waals surface area contributed by atoms with Gasteiger partial charge in [-0.15, -0.1) is 0 Å². The zero-order valence-corrected chi connectivity index (χ0v) is 15.7. The maximum Gasteiger partial charge on any atom is 0.243 e. The number of hydrogen-bond acceptors (Lipinski definition) is 3. The van der Waals surface area contributed by atoms with Crippen molar-refractivity contribution in [3.63, 3.8) is 0 Å². The Kier molecular flexibility index (Phi) is 5.27. The lowest BCUT2D eigenvalue weighted by Crippen LogP contribution is -2.48. The van der Waals surface area contributed by atoms with E-state index in [1.807, 2.05) is 49.4 Å². The largest absolute Gasteiger partial charge is 0.367 e. The Morgan fingerprint density at radius 1 is 1.00 bits per heavy atom. The number of hydrogen-bond donors (Lipinski definition) is 0. The van der Waals surface area contributed by atoms with Crippen molar-refractivity contribution in [2.45, 2.75) is 37.9 Å². The first-order chi connectivity index (χ1) is 11.9. The van der Waals surface area contributed by atoms with Gasteiger partial charge in [0.15, 0.2) is 0 Å². The second-order valence-electron chi connectivity index (χ2n) is 6.95. The molecule has 3 rings (SSSR count). The van der Waals surface area contributed by atoms with Crippen molar-refractivity contribution in [1.29, 1.82) is 0 Å². The lowest BCUT2D eigenvalue weighted by atomic mass is 10.0. The first-order valence-corrected chi connectivity index (χ1v) is 10.1. The predicted molar refractivity (Wildman–Crippen MR) is 98.8 cm³/mol. The highest BCUT2D eigenvalue weighted by Crippen LogP contribution is 2.31. The number of sulfonamides is 1. The van der Waals surface area contributed by atoms with Crippen LogP contribution < -0.4 is 0 Å². The molecule has 4 nitrogen and oxygen atoms in total. The van der Waals surface area contributed by atoms with Gasteiger partial charge in [-0.2, -0.15) is 4.31 Å². The van der Waals surface area contributed by atoms with Gasteiger partial charge in [-0.05, 0) is 30.5 Å². The van der Waals surface area contributed by atoms with E-state index in [2.05, 4.69) is 13.8 Å². The Hall–Kier alpha value is -1.69. The number of ether oxygens (including phenoxy) is 1. The van der Waals surface area contributed by atoms with Crippen LogP contribution in [0.3, 0.4) is 0 Å². The smallest absolute Gasteiger partial charge is 0.243 e. The minimum atomic E-state index is -3.53. The fraction of sp³-hybridized carbons (Fsp3) is 0.400. The fourth-order valence-electron chi connectivity index (χ4n) is 3.03. The third-order valence-electron chi connectivity index (χ3n) is 4.67. The van der Waals surface area contributed by atoms with Crippen LogP contribution in [-0.2, 0) is 14.8 Å². The quantitative estimate of drug-likeness (QED) is 0.834. The Morgan fingerprint density at radius 2 is 1.64 bits per heavy atom. The van der Waals surface area contributed by atoms with Crippen LogP contribution in [0.1, 0.15) is 31.1 Å². The predicted octanol–water partition coefficient (Wildman–Crippen LogP) is 3.78. The van der Waals surface area contributed by atoms with Gasteiger partial charge < -0.3 is 4.74 Å². The van der Waals surface area contributed by atoms with E-state index in [0.29, 0.717) is 18.0 Å². The zero-order chi connectivity index (χ0) is 18.0. The molecule has 1 aliphatic rings. The van der Waals surface area contributed by atoms with Gasteiger partial charge in [0, 0.05) is 13.1 Å². The lowest BCUT2D eigenvalue weighted by Gasteiger charge is -2.39. The third-order valence-corrected chi connectivity index (χ3v) is 6.51. The molecule has 25 heavy (non-hydrogen) atoms. The summed E-state index contributed by atoms with van der Waals surface area (Å²) in [4.78, 5) is 0.342. The van der Waals surface area contributed by atoms with Gasteiger partial charge in [-0.3, -0.25) is 0 Å². The van der Waals surface area contributed by atoms with Gasteiger partial charge in [0.05, 0.1) is 17.1 Å². The molecule has 1 saturated heterocycles. The standard InChI is InChI=1S/C20H25NO3S/c1-15(2)19-13-21(14-20(24-19)17-7-5-4-6-8-17)25(22,23)18-11-9-16(3)10-12-18/h4-12,15,19-20H,13-14H2,1-3H3/t19-,20+/m0/s1. The van der Waals surface area contributed by atoms with E-state index in [9.17, 15) is 8.42 Å². The number of benzene rings is 2. The summed E-state index contributed by atoms with van der Waals surface area (Å²) in [7, 11) is -3.53. The average molecular weight is 359 g/mol. The van der Waals surface area contributed by atoms with Crippen molar-refractivity contribution < 1.29 is 13.2 Å². The molecule has 5 heteroatoms. The summed E-state index contributed by atoms with van der Waals surface area (Å²) >= 11 is 0. The number of morpholine rings is 1. The highest BCUT2D eigenvalue weighted by atomic mass is 32.2. The summed E-state index contributed by atoms with van der Waals surface area (Å²) in [6, 6.07) is 16.9. The molecule has 1 aliphatic heterocycles. The topological polar surface area (TPSA) is 46.6 Å². The van der Waals surface area contributed by atoms with E-state index in [1.165, 1.54) is 0 Å². The normalized spacial score (nSPS) is 22.2. The number of nitrogens with zero attached hydrogens (tertiary/aromatic N) is 1. The SMILES string of the molecule is Cc1ccc(S(=O)(=O)N2C[C@@H](C(C)C)O[C@@H](c3ccccc3)C2)cc1. The maximum atomic E-state index is 13.1. The van der Waals surface area contributed by atoms with Crippen LogP contribution in [0.4, 0.5) is 0 Å². The highest BCUT2D eigenvalue weighted by molar-refractivity contribution is 7.89. The molecular formula is C20H25NO3S. The second-order valence-corrected chi connectivity index (χ2v) is 8.89. The fourth-order valence-corrected chi connectivity index (χ4v) is 4.49. The van der Waals surface area contributed by atoms with Gasteiger partial charge in [-0.1, -0.05) is 61.9 Å². The van der Waals surface area contributed by atoms with Gasteiger partial charge in [-0.25, -0.2) is 8.42 Å². The van der Waals surface area contributed by atoms with Gasteiger partial charge in [0.25, 0.3) is 0 Å². The van der Waals surface area contributed by atoms with E-state index in [0.717, 1.165) is 11.1 Å². The Morgan fingerprint density at radius 3 is 2.24 bits per heavy atom. The van der Waals surface area contributed by atoms with E-state index >= 15 is 0 Å². The van der Waals surface area contributed by atoms with Crippen molar-refractivity contribution in [3.05, 3.63) is 65.7 Å². The van der Waals surface area contributed by atoms with Crippen LogP contribution in [-0.4, -0.2) is 31.9 Å². The number of aryl methyl sites for hydroxylation is 1. The summed E-state index contributed by atoms with van der Waals surface area (Å²) in [6.07, 6.45) is -0.373. The molecule has 0 aliphatic carbocycles. The minimum Gasteiger partial charge on any atom is -0.367 e. The first-order valence-electron chi connectivity index (χ1n) is 8.65. The van der Waals surface area contributed by atoms with Crippen molar-refractivity contribution >= 4 is 10.0 Å². The molecule has 0 amide bonds. The molecular weight excluding hydrogens is 334 g/mol. The van der Waals surface area contributed by atoms with Crippen molar-refractivity contribution in [3.8, 4) is 0 Å². The molecule has 2 atom stereocenters. The van der Waals surface area contributed by atoms with Crippen molar-refractivity contribution in [1.82, 2.24) is 4.31 Å². The Labute approximate surface area is 150 Å². The molecule has 0 unspecified atom stereocenters. The van der Waals surface area contributed by atoms with E-state index in [1.54, 1.807) is 16.4 Å². The summed E-state index contributed by atoms with van der Waals surface area (Å²) in [5, 5.41) is 0. The lowest BCUT2D eigenvalue weighted by molar-refractivity contribution is -0.0847. The molecule has 0 bridgehead atoms. The zero-order valence-electron chi connectivity index (χ0n) is 14.9. The number of rotatable bonds is 4. The van der Waals surface area contributed by atoms with Crippen LogP contribution in [0.2, 0.25) is 0 Å². The molecule has 2 aromatic rings. The Balaban J connectivity index is 1.92. The summed E-state index contributed by atoms with van der Waals surface area (Å²) in [5.74, 6) is 0.238. The van der Waals surface area contributed by atoms with E-state index < -0.39 is 10.0 Å². The van der Waals surface area contributed by atoms with E-state index in [-0.39, 0.29) is 18.1 Å². The molecule has 134 valence electrons. The summed E-state index contributed by atoms with van der Waals surface area (Å²) in [5.41, 5.74) is 2.06. The molecule has 0 radical (unpaired) electrons. The molecule has 1 heterocycles. The molecule has 1 fully saturated rings. The van der Waals surface area contributed by atoms with Gasteiger partial charge in [0.1, 0.15) is 0 Å². The van der Waals surface area contributed by atoms with Crippen molar-refractivity contribution in [2.75, 3.05) is 13.1 Å². The first kappa shape index (κ1) is 18.1. The summed E-state index contributed by atoms with van der Waals surface area (Å²) < 4.78 is 34.0. The monoisotopic (exact) mass is 359 g/mol. The van der Waals surface area contributed by atoms with Crippen LogP contribution in [0.15, 0.2) is 59.5 Å². The minimum absolute atomic E-state index is 0.126. The molecule has 0 aromatic heterocycles. The summed E-state index contributed by atoms with van der Waals surface area (Å²) in [6.45, 7) is 6.80. The Bertz CT molecular complexity index is 801. The maximum absolute atomic E-state index is 13.1. The molecule has 0 N–H and O–H groups in total. The van der Waals surface area contributed by atoms with Gasteiger partial charge in [0.2, 0.25) is 10.0 Å². The molecule has 0 saturated carbocycles. The second kappa shape index (κ2) is 7.28. The molecule has 0 spiro atoms. The van der Waals surface area contributed by atoms with Crippen LogP contribution >= 0.6 is 0 Å². The van der Waals surface area contributed by atoms with Crippen molar-refractivity contribution in [2.24, 2.45) is 5.92 Å². The average Bonchev–Trinajstić information content (AvgIpc) is 2.62. The third kappa shape index (κ3) is 3.94.